The molecule has 0 radical (unpaired) electrons. The number of aromatic hydroxyl groups is 1. The van der Waals surface area contributed by atoms with E-state index in [1.807, 2.05) is 0 Å². The molecule has 0 unspecified atom stereocenters. The number of hydrogen-bond donors (Lipinski definition) is 1. The minimum atomic E-state index is -0.546. The lowest BCUT2D eigenvalue weighted by molar-refractivity contribution is -0.140. The summed E-state index contributed by atoms with van der Waals surface area (Å²) in [5, 5.41) is 10.6. The van der Waals surface area contributed by atoms with Gasteiger partial charge in [0.05, 0.1) is 34.9 Å². The second-order valence-electron chi connectivity index (χ2n) is 6.06. The molecule has 0 saturated carbocycles. The summed E-state index contributed by atoms with van der Waals surface area (Å²) in [7, 11) is 5.84. The standard InChI is InChI=1S/C20H22O8/c1-23-17-5-11(6-18(24-2)20(17)26-4)12(8-19(22)25-3)13-7-15-16(9-14(13)21)28-10-27-15/h5-7,9,12,21H,8,10H2,1-4H3/t12-/m0/s1. The minimum absolute atomic E-state index is 0.0116. The Hall–Kier alpha value is -3.29. The molecule has 0 amide bonds. The Bertz CT molecular complexity index is 852. The number of benzene rings is 2. The Morgan fingerprint density at radius 2 is 1.61 bits per heavy atom. The van der Waals surface area contributed by atoms with Crippen molar-refractivity contribution in [2.75, 3.05) is 35.2 Å². The lowest BCUT2D eigenvalue weighted by Crippen LogP contribution is -2.11. The molecule has 8 nitrogen and oxygen atoms in total. The number of phenolic OH excluding ortho intramolecular Hbond substituents is 1. The number of esters is 1. The molecule has 0 aromatic heterocycles. The third-order valence-electron chi connectivity index (χ3n) is 4.59. The monoisotopic (exact) mass is 390 g/mol. The summed E-state index contributed by atoms with van der Waals surface area (Å²) in [6, 6.07) is 6.60. The van der Waals surface area contributed by atoms with Crippen LogP contribution in [0.15, 0.2) is 24.3 Å². The van der Waals surface area contributed by atoms with Gasteiger partial charge >= 0.3 is 5.97 Å². The topological polar surface area (TPSA) is 92.7 Å². The van der Waals surface area contributed by atoms with E-state index in [-0.39, 0.29) is 19.0 Å². The number of ether oxygens (including phenoxy) is 6. The number of methoxy groups -OCH3 is 4. The van der Waals surface area contributed by atoms with Gasteiger partial charge in [0.2, 0.25) is 12.5 Å². The van der Waals surface area contributed by atoms with Crippen LogP contribution in [0.25, 0.3) is 0 Å². The summed E-state index contributed by atoms with van der Waals surface area (Å²) >= 11 is 0. The summed E-state index contributed by atoms with van der Waals surface area (Å²) in [5.74, 6) is 1.25. The van der Waals surface area contributed by atoms with Gasteiger partial charge in [0.1, 0.15) is 5.75 Å². The highest BCUT2D eigenvalue weighted by atomic mass is 16.7. The van der Waals surface area contributed by atoms with Gasteiger partial charge in [-0.25, -0.2) is 0 Å². The van der Waals surface area contributed by atoms with Crippen molar-refractivity contribution in [3.8, 4) is 34.5 Å². The molecule has 1 aliphatic rings. The molecular weight excluding hydrogens is 368 g/mol. The van der Waals surface area contributed by atoms with E-state index >= 15 is 0 Å². The SMILES string of the molecule is COC(=O)C[C@@H](c1cc(OC)c(OC)c(OC)c1)c1cc2c(cc1O)OCO2. The quantitative estimate of drug-likeness (QED) is 0.722. The Morgan fingerprint density at radius 3 is 2.14 bits per heavy atom. The van der Waals surface area contributed by atoms with Crippen molar-refractivity contribution in [2.45, 2.75) is 12.3 Å². The molecule has 3 rings (SSSR count). The number of hydrogen-bond acceptors (Lipinski definition) is 8. The molecule has 0 fully saturated rings. The fourth-order valence-electron chi connectivity index (χ4n) is 3.19. The van der Waals surface area contributed by atoms with Crippen LogP contribution < -0.4 is 23.7 Å². The largest absolute Gasteiger partial charge is 0.508 e. The zero-order valence-electron chi connectivity index (χ0n) is 16.1. The van der Waals surface area contributed by atoms with Gasteiger partial charge in [-0.2, -0.15) is 0 Å². The first kappa shape index (κ1) is 19.5. The average molecular weight is 390 g/mol. The first-order chi connectivity index (χ1) is 13.5. The van der Waals surface area contributed by atoms with Crippen molar-refractivity contribution < 1.29 is 38.3 Å². The molecular formula is C20H22O8. The number of carbonyl (C=O) groups is 1. The zero-order chi connectivity index (χ0) is 20.3. The second kappa shape index (κ2) is 8.16. The van der Waals surface area contributed by atoms with Gasteiger partial charge in [0.15, 0.2) is 23.0 Å². The van der Waals surface area contributed by atoms with Crippen LogP contribution in [0.4, 0.5) is 0 Å². The van der Waals surface area contributed by atoms with Gasteiger partial charge in [-0.05, 0) is 23.8 Å². The molecule has 0 bridgehead atoms. The van der Waals surface area contributed by atoms with Gasteiger partial charge in [-0.15, -0.1) is 0 Å². The fraction of sp³-hybridized carbons (Fsp3) is 0.350. The Kier molecular flexibility index (Phi) is 5.67. The second-order valence-corrected chi connectivity index (χ2v) is 6.06. The molecule has 150 valence electrons. The molecule has 2 aromatic rings. The molecule has 1 aliphatic heterocycles. The van der Waals surface area contributed by atoms with Gasteiger partial charge in [-0.1, -0.05) is 0 Å². The number of fused-ring (bicyclic) bond motifs is 1. The lowest BCUT2D eigenvalue weighted by atomic mass is 9.87. The van der Waals surface area contributed by atoms with Gasteiger partial charge < -0.3 is 33.5 Å². The predicted octanol–water partition coefficient (Wildman–Crippen LogP) is 2.84. The summed E-state index contributed by atoms with van der Waals surface area (Å²) < 4.78 is 31.7. The van der Waals surface area contributed by atoms with Crippen molar-refractivity contribution in [1.29, 1.82) is 0 Å². The third-order valence-corrected chi connectivity index (χ3v) is 4.59. The van der Waals surface area contributed by atoms with Crippen molar-refractivity contribution >= 4 is 5.97 Å². The molecule has 8 heteroatoms. The van der Waals surface area contributed by atoms with Crippen LogP contribution in [0.2, 0.25) is 0 Å². The van der Waals surface area contributed by atoms with E-state index in [2.05, 4.69) is 0 Å². The summed E-state index contributed by atoms with van der Waals surface area (Å²) in [6.45, 7) is 0.0735. The van der Waals surface area contributed by atoms with E-state index in [0.29, 0.717) is 39.9 Å². The van der Waals surface area contributed by atoms with E-state index < -0.39 is 11.9 Å². The molecule has 28 heavy (non-hydrogen) atoms. The molecule has 1 N–H and O–H groups in total. The first-order valence-electron chi connectivity index (χ1n) is 8.51. The number of phenols is 1. The van der Waals surface area contributed by atoms with Crippen LogP contribution in [-0.4, -0.2) is 46.3 Å². The van der Waals surface area contributed by atoms with E-state index in [1.165, 1.54) is 34.5 Å². The maximum Gasteiger partial charge on any atom is 0.306 e. The first-order valence-corrected chi connectivity index (χ1v) is 8.51. The minimum Gasteiger partial charge on any atom is -0.508 e. The molecule has 1 heterocycles. The van der Waals surface area contributed by atoms with Crippen LogP contribution >= 0.6 is 0 Å². The van der Waals surface area contributed by atoms with Crippen LogP contribution in [0, 0.1) is 0 Å². The van der Waals surface area contributed by atoms with Crippen molar-refractivity contribution in [3.05, 3.63) is 35.4 Å². The molecule has 0 spiro atoms. The fourth-order valence-corrected chi connectivity index (χ4v) is 3.19. The normalized spacial score (nSPS) is 13.0. The Morgan fingerprint density at radius 1 is 1.00 bits per heavy atom. The van der Waals surface area contributed by atoms with E-state index in [4.69, 9.17) is 28.4 Å². The van der Waals surface area contributed by atoms with Crippen LogP contribution in [0.5, 0.6) is 34.5 Å². The highest BCUT2D eigenvalue weighted by Crippen LogP contribution is 2.46. The highest BCUT2D eigenvalue weighted by molar-refractivity contribution is 5.72. The lowest BCUT2D eigenvalue weighted by Gasteiger charge is -2.21. The molecule has 2 aromatic carbocycles. The van der Waals surface area contributed by atoms with Crippen molar-refractivity contribution in [1.82, 2.24) is 0 Å². The average Bonchev–Trinajstić information content (AvgIpc) is 3.17. The van der Waals surface area contributed by atoms with Gasteiger partial charge in [0.25, 0.3) is 0 Å². The Labute approximate surface area is 162 Å². The zero-order valence-corrected chi connectivity index (χ0v) is 16.1. The number of rotatable bonds is 7. The molecule has 0 saturated heterocycles. The van der Waals surface area contributed by atoms with Crippen LogP contribution in [0.3, 0.4) is 0 Å². The smallest absolute Gasteiger partial charge is 0.306 e. The molecule has 0 aliphatic carbocycles. The third kappa shape index (κ3) is 3.58. The number of carbonyl (C=O) groups excluding carboxylic acids is 1. The van der Waals surface area contributed by atoms with Gasteiger partial charge in [0, 0.05) is 17.5 Å². The summed E-state index contributed by atoms with van der Waals surface area (Å²) in [5.41, 5.74) is 1.16. The molecule has 1 atom stereocenters. The van der Waals surface area contributed by atoms with E-state index in [1.54, 1.807) is 18.2 Å². The van der Waals surface area contributed by atoms with Crippen molar-refractivity contribution in [2.24, 2.45) is 0 Å². The van der Waals surface area contributed by atoms with E-state index in [0.717, 1.165) is 0 Å². The summed E-state index contributed by atoms with van der Waals surface area (Å²) in [4.78, 5) is 12.1. The van der Waals surface area contributed by atoms with Crippen LogP contribution in [0.1, 0.15) is 23.5 Å². The maximum absolute atomic E-state index is 12.1. The summed E-state index contributed by atoms with van der Waals surface area (Å²) in [6.07, 6.45) is -0.0116. The predicted molar refractivity (Wildman–Crippen MR) is 98.8 cm³/mol. The van der Waals surface area contributed by atoms with E-state index in [9.17, 15) is 9.90 Å². The van der Waals surface area contributed by atoms with Crippen molar-refractivity contribution in [3.63, 3.8) is 0 Å². The van der Waals surface area contributed by atoms with Gasteiger partial charge in [-0.3, -0.25) is 4.79 Å². The highest BCUT2D eigenvalue weighted by Gasteiger charge is 2.28. The van der Waals surface area contributed by atoms with Crippen LogP contribution in [-0.2, 0) is 9.53 Å². The Balaban J connectivity index is 2.15. The maximum atomic E-state index is 12.1.